The number of rotatable bonds is 1. The maximum absolute atomic E-state index is 13.4. The van der Waals surface area contributed by atoms with E-state index in [0.29, 0.717) is 17.5 Å². The summed E-state index contributed by atoms with van der Waals surface area (Å²) in [6, 6.07) is 4.79. The Morgan fingerprint density at radius 1 is 1.19 bits per heavy atom. The highest BCUT2D eigenvalue weighted by molar-refractivity contribution is 5.58. The molecule has 1 aromatic carbocycles. The van der Waals surface area contributed by atoms with Crippen molar-refractivity contribution in [2.75, 3.05) is 0 Å². The molecule has 106 valence electrons. The fraction of sp³-hybridized carbons (Fsp3) is 0.267. The lowest BCUT2D eigenvalue weighted by atomic mass is 10.0. The Morgan fingerprint density at radius 3 is 2.81 bits per heavy atom. The molecule has 0 bridgehead atoms. The minimum absolute atomic E-state index is 0.224. The zero-order chi connectivity index (χ0) is 14.6. The van der Waals surface area contributed by atoms with Crippen molar-refractivity contribution in [2.45, 2.75) is 26.7 Å². The van der Waals surface area contributed by atoms with Crippen LogP contribution in [0.3, 0.4) is 0 Å². The summed E-state index contributed by atoms with van der Waals surface area (Å²) >= 11 is 0. The van der Waals surface area contributed by atoms with E-state index >= 15 is 0 Å². The molecule has 0 fully saturated rings. The normalized spacial score (nSPS) is 13.1. The number of hydrogen-bond donors (Lipinski definition) is 0. The molecule has 3 aromatic rings. The maximum Gasteiger partial charge on any atom is 0.206 e. The molecular formula is C15H13FN4O. The number of aromatic nitrogens is 4. The van der Waals surface area contributed by atoms with Crippen molar-refractivity contribution >= 4 is 0 Å². The van der Waals surface area contributed by atoms with Gasteiger partial charge in [-0.15, -0.1) is 10.2 Å². The minimum atomic E-state index is -0.224. The summed E-state index contributed by atoms with van der Waals surface area (Å²) < 4.78 is 21.0. The van der Waals surface area contributed by atoms with Crippen molar-refractivity contribution in [1.29, 1.82) is 0 Å². The van der Waals surface area contributed by atoms with E-state index in [0.717, 1.165) is 35.6 Å². The van der Waals surface area contributed by atoms with Crippen molar-refractivity contribution in [2.24, 2.45) is 0 Å². The molecule has 5 nitrogen and oxygen atoms in total. The zero-order valence-electron chi connectivity index (χ0n) is 11.7. The van der Waals surface area contributed by atoms with Crippen LogP contribution in [0, 0.1) is 19.7 Å². The van der Waals surface area contributed by atoms with Gasteiger partial charge >= 0.3 is 0 Å². The smallest absolute Gasteiger partial charge is 0.206 e. The fourth-order valence-corrected chi connectivity index (χ4v) is 2.84. The summed E-state index contributed by atoms with van der Waals surface area (Å²) in [6.07, 6.45) is 1.50. The number of benzene rings is 1. The number of oxazole rings is 1. The Kier molecular flexibility index (Phi) is 2.48. The first-order valence-electron chi connectivity index (χ1n) is 6.81. The average molecular weight is 284 g/mol. The fourth-order valence-electron chi connectivity index (χ4n) is 2.84. The summed E-state index contributed by atoms with van der Waals surface area (Å²) in [6.45, 7) is 3.68. The third-order valence-corrected chi connectivity index (χ3v) is 3.74. The van der Waals surface area contributed by atoms with Gasteiger partial charge in [-0.1, -0.05) is 0 Å². The summed E-state index contributed by atoms with van der Waals surface area (Å²) in [4.78, 5) is 4.28. The van der Waals surface area contributed by atoms with Gasteiger partial charge in [0.25, 0.3) is 0 Å². The first-order valence-corrected chi connectivity index (χ1v) is 6.81. The van der Waals surface area contributed by atoms with E-state index in [1.54, 1.807) is 19.1 Å². The van der Waals surface area contributed by atoms with Crippen LogP contribution in [-0.2, 0) is 12.8 Å². The second-order valence-corrected chi connectivity index (χ2v) is 5.20. The van der Waals surface area contributed by atoms with Crippen LogP contribution in [-0.4, -0.2) is 19.7 Å². The third-order valence-electron chi connectivity index (χ3n) is 3.74. The van der Waals surface area contributed by atoms with Gasteiger partial charge in [-0.05, 0) is 37.1 Å². The van der Waals surface area contributed by atoms with Gasteiger partial charge in [-0.25, -0.2) is 9.37 Å². The largest absolute Gasteiger partial charge is 0.437 e. The van der Waals surface area contributed by atoms with E-state index in [2.05, 4.69) is 15.2 Å². The van der Waals surface area contributed by atoms with Gasteiger partial charge in [-0.2, -0.15) is 0 Å². The highest BCUT2D eigenvalue weighted by atomic mass is 19.1. The summed E-state index contributed by atoms with van der Waals surface area (Å²) in [7, 11) is 0. The van der Waals surface area contributed by atoms with Gasteiger partial charge in [0.15, 0.2) is 11.7 Å². The molecule has 6 heteroatoms. The van der Waals surface area contributed by atoms with E-state index in [9.17, 15) is 4.39 Å². The van der Waals surface area contributed by atoms with Crippen molar-refractivity contribution in [3.8, 4) is 17.3 Å². The molecule has 0 radical (unpaired) electrons. The summed E-state index contributed by atoms with van der Waals surface area (Å²) in [5.41, 5.74) is 2.64. The monoisotopic (exact) mass is 284 g/mol. The second kappa shape index (κ2) is 4.25. The van der Waals surface area contributed by atoms with Crippen LogP contribution in [0.1, 0.15) is 23.0 Å². The van der Waals surface area contributed by atoms with Gasteiger partial charge in [0.1, 0.15) is 11.6 Å². The van der Waals surface area contributed by atoms with Gasteiger partial charge < -0.3 is 4.42 Å². The van der Waals surface area contributed by atoms with Crippen molar-refractivity contribution in [1.82, 2.24) is 19.7 Å². The van der Waals surface area contributed by atoms with E-state index in [1.807, 2.05) is 11.5 Å². The van der Waals surface area contributed by atoms with Crippen LogP contribution < -0.4 is 0 Å². The predicted octanol–water partition coefficient (Wildman–Crippen LogP) is 2.78. The molecule has 0 saturated carbocycles. The van der Waals surface area contributed by atoms with Crippen LogP contribution >= 0.6 is 0 Å². The van der Waals surface area contributed by atoms with E-state index in [1.165, 1.54) is 6.07 Å². The molecule has 0 spiro atoms. The number of fused-ring (bicyclic) bond motifs is 3. The Labute approximate surface area is 120 Å². The van der Waals surface area contributed by atoms with Gasteiger partial charge in [0, 0.05) is 13.3 Å². The Balaban J connectivity index is 1.97. The first kappa shape index (κ1) is 12.3. The second-order valence-electron chi connectivity index (χ2n) is 5.20. The van der Waals surface area contributed by atoms with Crippen LogP contribution in [0.4, 0.5) is 4.39 Å². The molecular weight excluding hydrogens is 271 g/mol. The van der Waals surface area contributed by atoms with Crippen LogP contribution in [0.5, 0.6) is 0 Å². The average Bonchev–Trinajstić information content (AvgIpc) is 3.01. The standard InChI is InChI=1S/C15H13FN4O/c1-8-14(21-9(2)17-8)15-19-18-13-6-3-10-7-11(16)4-5-12(10)20(13)15/h4-5,7H,3,6H2,1-2H3. The molecule has 0 aliphatic carbocycles. The highest BCUT2D eigenvalue weighted by Crippen LogP contribution is 2.31. The first-order chi connectivity index (χ1) is 10.1. The predicted molar refractivity (Wildman–Crippen MR) is 73.7 cm³/mol. The Hall–Kier alpha value is -2.50. The molecule has 1 aliphatic rings. The number of aryl methyl sites for hydroxylation is 4. The van der Waals surface area contributed by atoms with E-state index in [4.69, 9.17) is 4.42 Å². The molecule has 21 heavy (non-hydrogen) atoms. The molecule has 2 aromatic heterocycles. The third kappa shape index (κ3) is 1.79. The maximum atomic E-state index is 13.4. The van der Waals surface area contributed by atoms with E-state index < -0.39 is 0 Å². The SMILES string of the molecule is Cc1nc(C)c(-c2nnc3n2-c2ccc(F)cc2CC3)o1. The number of halogens is 1. The van der Waals surface area contributed by atoms with Crippen molar-refractivity contribution in [3.63, 3.8) is 0 Å². The van der Waals surface area contributed by atoms with E-state index in [-0.39, 0.29) is 5.82 Å². The molecule has 0 atom stereocenters. The molecule has 0 unspecified atom stereocenters. The molecule has 0 N–H and O–H groups in total. The topological polar surface area (TPSA) is 56.7 Å². The molecule has 0 saturated heterocycles. The summed E-state index contributed by atoms with van der Waals surface area (Å²) in [5.74, 6) is 2.46. The lowest BCUT2D eigenvalue weighted by molar-refractivity contribution is 0.528. The van der Waals surface area contributed by atoms with Crippen LogP contribution in [0.25, 0.3) is 17.3 Å². The molecule has 1 aliphatic heterocycles. The molecule has 3 heterocycles. The van der Waals surface area contributed by atoms with Gasteiger partial charge in [0.2, 0.25) is 5.82 Å². The summed E-state index contributed by atoms with van der Waals surface area (Å²) in [5, 5.41) is 8.49. The number of hydrogen-bond acceptors (Lipinski definition) is 4. The Morgan fingerprint density at radius 2 is 2.05 bits per heavy atom. The zero-order valence-corrected chi connectivity index (χ0v) is 11.7. The minimum Gasteiger partial charge on any atom is -0.437 e. The Bertz CT molecular complexity index is 849. The number of nitrogens with zero attached hydrogens (tertiary/aromatic N) is 4. The highest BCUT2D eigenvalue weighted by Gasteiger charge is 2.25. The van der Waals surface area contributed by atoms with Crippen molar-refractivity contribution in [3.05, 3.63) is 47.0 Å². The quantitative estimate of drug-likeness (QED) is 0.689. The van der Waals surface area contributed by atoms with Crippen LogP contribution in [0.2, 0.25) is 0 Å². The lowest BCUT2D eigenvalue weighted by Gasteiger charge is -2.18. The van der Waals surface area contributed by atoms with Gasteiger partial charge in [-0.3, -0.25) is 4.57 Å². The molecule has 0 amide bonds. The lowest BCUT2D eigenvalue weighted by Crippen LogP contribution is -2.13. The van der Waals surface area contributed by atoms with Crippen LogP contribution in [0.15, 0.2) is 22.6 Å². The molecule has 4 rings (SSSR count). The van der Waals surface area contributed by atoms with Gasteiger partial charge in [0.05, 0.1) is 11.4 Å². The van der Waals surface area contributed by atoms with Crippen molar-refractivity contribution < 1.29 is 8.81 Å².